The van der Waals surface area contributed by atoms with E-state index in [9.17, 15) is 0 Å². The van der Waals surface area contributed by atoms with E-state index in [4.69, 9.17) is 5.73 Å². The van der Waals surface area contributed by atoms with Crippen molar-refractivity contribution in [3.05, 3.63) is 21.4 Å². The summed E-state index contributed by atoms with van der Waals surface area (Å²) >= 11 is 1.90. The molecule has 18 heavy (non-hydrogen) atoms. The number of thiophene rings is 1. The summed E-state index contributed by atoms with van der Waals surface area (Å²) in [6, 6.07) is 3.39. The second kappa shape index (κ2) is 5.72. The Morgan fingerprint density at radius 2 is 2.17 bits per heavy atom. The van der Waals surface area contributed by atoms with Gasteiger partial charge in [-0.05, 0) is 57.7 Å². The van der Waals surface area contributed by atoms with Crippen molar-refractivity contribution in [2.24, 2.45) is 11.7 Å². The first-order chi connectivity index (χ1) is 8.54. The third kappa shape index (κ3) is 2.63. The first kappa shape index (κ1) is 14.0. The monoisotopic (exact) mass is 266 g/mol. The van der Waals surface area contributed by atoms with Crippen LogP contribution >= 0.6 is 11.3 Å². The SMILES string of the molecule is Cc1cc(C(CN)N2CCCC(C)C2C)c(C)s1. The molecule has 3 heteroatoms. The molecule has 2 rings (SSSR count). The van der Waals surface area contributed by atoms with Gasteiger partial charge in [0.15, 0.2) is 0 Å². The van der Waals surface area contributed by atoms with Gasteiger partial charge in [0.25, 0.3) is 0 Å². The van der Waals surface area contributed by atoms with Crippen LogP contribution in [0.5, 0.6) is 0 Å². The van der Waals surface area contributed by atoms with Crippen LogP contribution in [0.4, 0.5) is 0 Å². The van der Waals surface area contributed by atoms with E-state index in [0.29, 0.717) is 12.1 Å². The maximum Gasteiger partial charge on any atom is 0.0484 e. The van der Waals surface area contributed by atoms with Crippen LogP contribution in [0.15, 0.2) is 6.07 Å². The number of piperidine rings is 1. The molecule has 102 valence electrons. The Morgan fingerprint density at radius 3 is 2.72 bits per heavy atom. The van der Waals surface area contributed by atoms with Crippen molar-refractivity contribution in [2.75, 3.05) is 13.1 Å². The van der Waals surface area contributed by atoms with Crippen LogP contribution in [0.3, 0.4) is 0 Å². The summed E-state index contributed by atoms with van der Waals surface area (Å²) in [6.07, 6.45) is 2.67. The predicted molar refractivity (Wildman–Crippen MR) is 80.2 cm³/mol. The third-order valence-electron chi connectivity index (χ3n) is 4.48. The summed E-state index contributed by atoms with van der Waals surface area (Å²) in [5, 5.41) is 0. The van der Waals surface area contributed by atoms with Crippen LogP contribution in [-0.2, 0) is 0 Å². The van der Waals surface area contributed by atoms with Gasteiger partial charge in [0, 0.05) is 28.4 Å². The highest BCUT2D eigenvalue weighted by atomic mass is 32.1. The number of rotatable bonds is 3. The van der Waals surface area contributed by atoms with Crippen molar-refractivity contribution >= 4 is 11.3 Å². The van der Waals surface area contributed by atoms with Crippen LogP contribution in [0.25, 0.3) is 0 Å². The summed E-state index contributed by atoms with van der Waals surface area (Å²) < 4.78 is 0. The molecular formula is C15H26N2S. The molecule has 1 saturated heterocycles. The van der Waals surface area contributed by atoms with Gasteiger partial charge in [-0.1, -0.05) is 6.92 Å². The van der Waals surface area contributed by atoms with Crippen LogP contribution in [0.1, 0.15) is 48.0 Å². The van der Waals surface area contributed by atoms with Gasteiger partial charge < -0.3 is 5.73 Å². The number of likely N-dealkylation sites (tertiary alicyclic amines) is 1. The number of nitrogens with two attached hydrogens (primary N) is 1. The zero-order valence-electron chi connectivity index (χ0n) is 12.1. The van der Waals surface area contributed by atoms with Crippen LogP contribution in [-0.4, -0.2) is 24.0 Å². The van der Waals surface area contributed by atoms with Crippen LogP contribution in [0, 0.1) is 19.8 Å². The standard InChI is InChI=1S/C15H26N2S/c1-10-6-5-7-17(12(10)3)15(9-16)14-8-11(2)18-13(14)4/h8,10,12,15H,5-7,9,16H2,1-4H3. The summed E-state index contributed by atoms with van der Waals surface area (Å²) in [7, 11) is 0. The van der Waals surface area contributed by atoms with Crippen molar-refractivity contribution in [3.63, 3.8) is 0 Å². The highest BCUT2D eigenvalue weighted by Crippen LogP contribution is 2.34. The quantitative estimate of drug-likeness (QED) is 0.907. The lowest BCUT2D eigenvalue weighted by Crippen LogP contribution is -2.46. The zero-order chi connectivity index (χ0) is 13.3. The van der Waals surface area contributed by atoms with Gasteiger partial charge in [0.05, 0.1) is 0 Å². The van der Waals surface area contributed by atoms with Crippen LogP contribution in [0.2, 0.25) is 0 Å². The van der Waals surface area contributed by atoms with Crippen molar-refractivity contribution in [1.82, 2.24) is 4.90 Å². The van der Waals surface area contributed by atoms with E-state index in [1.165, 1.54) is 34.7 Å². The maximum atomic E-state index is 6.08. The number of hydrogen-bond acceptors (Lipinski definition) is 3. The minimum absolute atomic E-state index is 0.410. The molecule has 2 heterocycles. The third-order valence-corrected chi connectivity index (χ3v) is 5.47. The summed E-state index contributed by atoms with van der Waals surface area (Å²) in [6.45, 7) is 11.1. The molecule has 1 aliphatic heterocycles. The Hall–Kier alpha value is -0.380. The summed E-state index contributed by atoms with van der Waals surface area (Å²) in [4.78, 5) is 5.47. The molecule has 2 N–H and O–H groups in total. The molecule has 0 aliphatic carbocycles. The highest BCUT2D eigenvalue weighted by Gasteiger charge is 2.31. The van der Waals surface area contributed by atoms with Gasteiger partial charge in [-0.15, -0.1) is 11.3 Å². The normalized spacial score (nSPS) is 27.4. The molecule has 1 fully saturated rings. The van der Waals surface area contributed by atoms with Gasteiger partial charge in [-0.25, -0.2) is 0 Å². The van der Waals surface area contributed by atoms with Crippen molar-refractivity contribution in [3.8, 4) is 0 Å². The molecule has 0 amide bonds. The summed E-state index contributed by atoms with van der Waals surface area (Å²) in [5.41, 5.74) is 7.54. The number of hydrogen-bond donors (Lipinski definition) is 1. The molecule has 0 spiro atoms. The molecule has 0 radical (unpaired) electrons. The second-order valence-electron chi connectivity index (χ2n) is 5.72. The van der Waals surface area contributed by atoms with Gasteiger partial charge in [-0.3, -0.25) is 4.90 Å². The first-order valence-corrected chi connectivity index (χ1v) is 7.89. The van der Waals surface area contributed by atoms with E-state index in [2.05, 4.69) is 38.7 Å². The molecule has 3 unspecified atom stereocenters. The highest BCUT2D eigenvalue weighted by molar-refractivity contribution is 7.12. The average molecular weight is 266 g/mol. The Balaban J connectivity index is 2.25. The molecule has 0 bridgehead atoms. The van der Waals surface area contributed by atoms with Gasteiger partial charge in [0.2, 0.25) is 0 Å². The number of nitrogens with zero attached hydrogens (tertiary/aromatic N) is 1. The number of aryl methyl sites for hydroxylation is 2. The van der Waals surface area contributed by atoms with Crippen LogP contribution < -0.4 is 5.73 Å². The van der Waals surface area contributed by atoms with E-state index in [-0.39, 0.29) is 0 Å². The van der Waals surface area contributed by atoms with Crippen molar-refractivity contribution in [2.45, 2.75) is 52.6 Å². The lowest BCUT2D eigenvalue weighted by molar-refractivity contribution is 0.0709. The molecule has 3 atom stereocenters. The minimum atomic E-state index is 0.410. The van der Waals surface area contributed by atoms with E-state index in [0.717, 1.165) is 12.5 Å². The molecular weight excluding hydrogens is 240 g/mol. The van der Waals surface area contributed by atoms with Gasteiger partial charge >= 0.3 is 0 Å². The fraction of sp³-hybridized carbons (Fsp3) is 0.733. The Kier molecular flexibility index (Phi) is 4.46. The molecule has 0 aromatic carbocycles. The zero-order valence-corrected chi connectivity index (χ0v) is 12.9. The smallest absolute Gasteiger partial charge is 0.0484 e. The predicted octanol–water partition coefficient (Wildman–Crippen LogP) is 3.49. The molecule has 1 aromatic heterocycles. The van der Waals surface area contributed by atoms with Gasteiger partial charge in [-0.2, -0.15) is 0 Å². The van der Waals surface area contributed by atoms with E-state index in [1.807, 2.05) is 11.3 Å². The minimum Gasteiger partial charge on any atom is -0.329 e. The maximum absolute atomic E-state index is 6.08. The fourth-order valence-electron chi connectivity index (χ4n) is 3.23. The topological polar surface area (TPSA) is 29.3 Å². The molecule has 1 aliphatic rings. The summed E-state index contributed by atoms with van der Waals surface area (Å²) in [5.74, 6) is 0.785. The lowest BCUT2D eigenvalue weighted by atomic mass is 9.89. The van der Waals surface area contributed by atoms with E-state index in [1.54, 1.807) is 0 Å². The Labute approximate surface area is 115 Å². The van der Waals surface area contributed by atoms with E-state index >= 15 is 0 Å². The second-order valence-corrected chi connectivity index (χ2v) is 7.18. The first-order valence-electron chi connectivity index (χ1n) is 7.07. The molecule has 1 aromatic rings. The van der Waals surface area contributed by atoms with Gasteiger partial charge in [0.1, 0.15) is 0 Å². The Morgan fingerprint density at radius 1 is 1.44 bits per heavy atom. The average Bonchev–Trinajstić information content (AvgIpc) is 2.65. The Bertz CT molecular complexity index is 399. The largest absolute Gasteiger partial charge is 0.329 e. The molecule has 0 saturated carbocycles. The van der Waals surface area contributed by atoms with E-state index < -0.39 is 0 Å². The van der Waals surface area contributed by atoms with Crippen molar-refractivity contribution in [1.29, 1.82) is 0 Å². The lowest BCUT2D eigenvalue weighted by Gasteiger charge is -2.42. The molecule has 2 nitrogen and oxygen atoms in total. The fourth-order valence-corrected chi connectivity index (χ4v) is 4.21. The van der Waals surface area contributed by atoms with Crippen molar-refractivity contribution < 1.29 is 0 Å².